The van der Waals surface area contributed by atoms with Gasteiger partial charge in [0.05, 0.1) is 12.5 Å². The maximum atomic E-state index is 11.7. The molecule has 2 unspecified atom stereocenters. The van der Waals surface area contributed by atoms with Crippen molar-refractivity contribution in [2.75, 3.05) is 6.61 Å². The molecule has 0 radical (unpaired) electrons. The average molecular weight is 342 g/mol. The third kappa shape index (κ3) is 2.44. The highest BCUT2D eigenvalue weighted by Crippen LogP contribution is 2.60. The Kier molecular flexibility index (Phi) is 3.98. The van der Waals surface area contributed by atoms with Crippen LogP contribution in [0.15, 0.2) is 0 Å². The average Bonchev–Trinajstić information content (AvgIpc) is 2.68. The topological polar surface area (TPSA) is 43.4 Å². The van der Waals surface area contributed by atoms with Crippen LogP contribution in [0.2, 0.25) is 0 Å². The van der Waals surface area contributed by atoms with E-state index in [1.165, 1.54) is 0 Å². The summed E-state index contributed by atoms with van der Waals surface area (Å²) in [5.74, 6) is -0.776. The van der Waals surface area contributed by atoms with Crippen molar-refractivity contribution in [2.45, 2.75) is 24.5 Å². The lowest BCUT2D eigenvalue weighted by atomic mass is 10.1. The van der Waals surface area contributed by atoms with Gasteiger partial charge in [-0.25, -0.2) is 0 Å². The van der Waals surface area contributed by atoms with Crippen LogP contribution in [0.1, 0.15) is 20.8 Å². The Bertz CT molecular complexity index is 286. The van der Waals surface area contributed by atoms with E-state index in [2.05, 4.69) is 31.9 Å². The number of carbonyl (C=O) groups is 2. The van der Waals surface area contributed by atoms with Gasteiger partial charge in [-0.15, -0.1) is 0 Å². The number of halogens is 2. The highest BCUT2D eigenvalue weighted by molar-refractivity contribution is 9.25. The Hall–Kier alpha value is 0.1000. The maximum absolute atomic E-state index is 11.7. The van der Waals surface area contributed by atoms with Crippen LogP contribution in [0.25, 0.3) is 0 Å². The Morgan fingerprint density at radius 3 is 2.27 bits per heavy atom. The zero-order valence-corrected chi connectivity index (χ0v) is 12.1. The molecule has 1 aliphatic rings. The summed E-state index contributed by atoms with van der Waals surface area (Å²) >= 11 is 6.33. The molecule has 1 aliphatic carbocycles. The molecule has 2 atom stereocenters. The number of hydrogen-bond acceptors (Lipinski definition) is 3. The van der Waals surface area contributed by atoms with E-state index in [0.29, 0.717) is 6.61 Å². The van der Waals surface area contributed by atoms with E-state index in [1.807, 2.05) is 13.8 Å². The summed E-state index contributed by atoms with van der Waals surface area (Å²) in [5.41, 5.74) is -0.275. The molecule has 0 aromatic rings. The van der Waals surface area contributed by atoms with E-state index >= 15 is 0 Å². The van der Waals surface area contributed by atoms with Crippen molar-refractivity contribution in [1.29, 1.82) is 0 Å². The quantitative estimate of drug-likeness (QED) is 0.583. The monoisotopic (exact) mass is 340 g/mol. The first-order valence-corrected chi connectivity index (χ1v) is 6.65. The molecular weight excluding hydrogens is 328 g/mol. The first-order chi connectivity index (χ1) is 6.84. The van der Waals surface area contributed by atoms with E-state index in [-0.39, 0.29) is 32.7 Å². The molecule has 1 saturated carbocycles. The highest BCUT2D eigenvalue weighted by atomic mass is 79.9. The highest BCUT2D eigenvalue weighted by Gasteiger charge is 2.66. The fourth-order valence-electron chi connectivity index (χ4n) is 1.98. The van der Waals surface area contributed by atoms with Crippen LogP contribution in [-0.2, 0) is 14.3 Å². The van der Waals surface area contributed by atoms with Gasteiger partial charge in [-0.3, -0.25) is 9.59 Å². The number of ether oxygens (including phenoxy) is 1. The summed E-state index contributed by atoms with van der Waals surface area (Å²) in [6.07, 6.45) is 0. The molecule has 0 aliphatic heterocycles. The lowest BCUT2D eigenvalue weighted by molar-refractivity contribution is -0.146. The molecule has 3 nitrogen and oxygen atoms in total. The van der Waals surface area contributed by atoms with Crippen molar-refractivity contribution in [3.63, 3.8) is 0 Å². The number of alkyl halides is 2. The van der Waals surface area contributed by atoms with Crippen LogP contribution in [0.3, 0.4) is 0 Å². The Balaban J connectivity index is 2.71. The van der Waals surface area contributed by atoms with E-state index in [1.54, 1.807) is 6.92 Å². The van der Waals surface area contributed by atoms with Crippen LogP contribution < -0.4 is 0 Å². The molecule has 86 valence electrons. The second-order valence-corrected chi connectivity index (χ2v) is 7.29. The van der Waals surface area contributed by atoms with Crippen molar-refractivity contribution in [3.8, 4) is 0 Å². The lowest BCUT2D eigenvalue weighted by Gasteiger charge is -2.01. The fraction of sp³-hybridized carbons (Fsp3) is 0.800. The van der Waals surface area contributed by atoms with Crippen LogP contribution >= 0.6 is 31.9 Å². The van der Waals surface area contributed by atoms with Gasteiger partial charge in [0.25, 0.3) is 0 Å². The van der Waals surface area contributed by atoms with Gasteiger partial charge in [0.2, 0.25) is 0 Å². The predicted octanol–water partition coefficient (Wildman–Crippen LogP) is 2.51. The van der Waals surface area contributed by atoms with Crippen LogP contribution in [0, 0.1) is 17.3 Å². The molecule has 0 bridgehead atoms. The van der Waals surface area contributed by atoms with Gasteiger partial charge < -0.3 is 4.74 Å². The summed E-state index contributed by atoms with van der Waals surface area (Å²) in [6, 6.07) is 0. The minimum absolute atomic E-state index is 0.0121. The van der Waals surface area contributed by atoms with Gasteiger partial charge in [0.15, 0.2) is 5.78 Å². The Morgan fingerprint density at radius 1 is 1.33 bits per heavy atom. The molecule has 0 saturated heterocycles. The number of ketones is 1. The van der Waals surface area contributed by atoms with E-state index in [4.69, 9.17) is 4.74 Å². The summed E-state index contributed by atoms with van der Waals surface area (Å²) in [7, 11) is 0. The Morgan fingerprint density at radius 2 is 1.87 bits per heavy atom. The molecular formula is C10H14Br2O3. The third-order valence-electron chi connectivity index (χ3n) is 2.89. The molecule has 1 rings (SSSR count). The second kappa shape index (κ2) is 4.53. The number of rotatable bonds is 4. The minimum Gasteiger partial charge on any atom is -0.466 e. The lowest BCUT2D eigenvalue weighted by Crippen LogP contribution is -2.15. The second-order valence-electron chi connectivity index (χ2n) is 4.23. The zero-order chi connectivity index (χ0) is 11.8. The summed E-state index contributed by atoms with van der Waals surface area (Å²) in [4.78, 5) is 23.3. The van der Waals surface area contributed by atoms with Gasteiger partial charge in [0, 0.05) is 5.92 Å². The van der Waals surface area contributed by atoms with Crippen LogP contribution in [-0.4, -0.2) is 22.1 Å². The molecule has 0 spiro atoms. The molecule has 0 aromatic heterocycles. The van der Waals surface area contributed by atoms with Crippen molar-refractivity contribution in [1.82, 2.24) is 0 Å². The van der Waals surface area contributed by atoms with Crippen LogP contribution in [0.4, 0.5) is 0 Å². The normalized spacial score (nSPS) is 27.6. The van der Waals surface area contributed by atoms with Gasteiger partial charge in [0.1, 0.15) is 3.74 Å². The fourth-order valence-corrected chi connectivity index (χ4v) is 2.55. The maximum Gasteiger partial charge on any atom is 0.310 e. The van der Waals surface area contributed by atoms with E-state index in [0.717, 1.165) is 0 Å². The van der Waals surface area contributed by atoms with Gasteiger partial charge in [-0.05, 0) is 12.3 Å². The van der Waals surface area contributed by atoms with Gasteiger partial charge in [-0.2, -0.15) is 0 Å². The van der Waals surface area contributed by atoms with Crippen molar-refractivity contribution >= 4 is 43.6 Å². The van der Waals surface area contributed by atoms with Gasteiger partial charge in [-0.1, -0.05) is 45.7 Å². The zero-order valence-electron chi connectivity index (χ0n) is 8.92. The smallest absolute Gasteiger partial charge is 0.310 e. The number of carbonyl (C=O) groups excluding carboxylic acids is 2. The van der Waals surface area contributed by atoms with Crippen LogP contribution in [0.5, 0.6) is 0 Å². The summed E-state index contributed by atoms with van der Waals surface area (Å²) in [6.45, 7) is 5.96. The summed E-state index contributed by atoms with van der Waals surface area (Å²) < 4.78 is 4.56. The molecule has 15 heavy (non-hydrogen) atoms. The largest absolute Gasteiger partial charge is 0.466 e. The number of esters is 1. The van der Waals surface area contributed by atoms with Gasteiger partial charge >= 0.3 is 5.97 Å². The molecule has 0 amide bonds. The number of Topliss-reactive ketones (excluding diaryl/α,β-unsaturated/α-hetero) is 1. The molecule has 0 aromatic carbocycles. The van der Waals surface area contributed by atoms with Crippen molar-refractivity contribution < 1.29 is 14.3 Å². The van der Waals surface area contributed by atoms with E-state index < -0.39 is 0 Å². The first kappa shape index (κ1) is 13.2. The third-order valence-corrected chi connectivity index (χ3v) is 3.79. The minimum atomic E-state index is -0.381. The first-order valence-electron chi connectivity index (χ1n) is 4.82. The molecule has 0 heterocycles. The molecule has 5 heteroatoms. The van der Waals surface area contributed by atoms with E-state index in [9.17, 15) is 9.59 Å². The number of hydrogen-bond donors (Lipinski definition) is 0. The SMILES string of the molecule is CCOC(=O)C1C(C(=O)C(Br)Br)C1(C)C. The van der Waals surface area contributed by atoms with Crippen molar-refractivity contribution in [3.05, 3.63) is 0 Å². The molecule has 1 fully saturated rings. The van der Waals surface area contributed by atoms with Crippen molar-refractivity contribution in [2.24, 2.45) is 17.3 Å². The Labute approximate surface area is 106 Å². The predicted molar refractivity (Wildman–Crippen MR) is 64.0 cm³/mol. The summed E-state index contributed by atoms with van der Waals surface area (Å²) in [5, 5.41) is 0. The molecule has 0 N–H and O–H groups in total. The standard InChI is InChI=1S/C10H14Br2O3/c1-4-15-9(14)6-5(10(6,2)3)7(13)8(11)12/h5-6,8H,4H2,1-3H3.